The molecule has 6 rings (SSSR count). The maximum Gasteiger partial charge on any atom is 0.200 e. The van der Waals surface area contributed by atoms with Gasteiger partial charge in [-0.15, -0.1) is 0 Å². The van der Waals surface area contributed by atoms with Crippen LogP contribution in [-0.2, 0) is 35.9 Å². The maximum atomic E-state index is 15.2. The molecule has 0 radical (unpaired) electrons. The number of benzene rings is 3. The van der Waals surface area contributed by atoms with E-state index in [1.807, 2.05) is 54.7 Å². The Hall–Kier alpha value is -5.52. The average molecular weight is 736 g/mol. The van der Waals surface area contributed by atoms with Gasteiger partial charge in [0.05, 0.1) is 32.3 Å². The highest BCUT2D eigenvalue weighted by molar-refractivity contribution is 5.84. The van der Waals surface area contributed by atoms with Crippen molar-refractivity contribution in [3.8, 4) is 28.7 Å². The van der Waals surface area contributed by atoms with E-state index in [9.17, 15) is 25.5 Å². The molecule has 0 amide bonds. The van der Waals surface area contributed by atoms with Gasteiger partial charge in [0.15, 0.2) is 23.0 Å². The number of aromatic hydroxyl groups is 3. The van der Waals surface area contributed by atoms with E-state index in [-0.39, 0.29) is 54.0 Å². The number of pyridine rings is 1. The van der Waals surface area contributed by atoms with Crippen LogP contribution < -0.4 is 15.2 Å². The molecule has 2 aromatic heterocycles. The predicted molar refractivity (Wildman–Crippen MR) is 205 cm³/mol. The quantitative estimate of drug-likeness (QED) is 0.0623. The number of aryl methyl sites for hydroxylation is 2. The summed E-state index contributed by atoms with van der Waals surface area (Å²) in [6, 6.07) is 25.4. The molecule has 0 spiro atoms. The number of aliphatic hydroxyl groups is 2. The third kappa shape index (κ3) is 7.88. The van der Waals surface area contributed by atoms with Crippen LogP contribution in [0.4, 0.5) is 5.82 Å². The van der Waals surface area contributed by atoms with E-state index in [1.165, 1.54) is 20.3 Å². The van der Waals surface area contributed by atoms with Crippen molar-refractivity contribution >= 4 is 11.6 Å². The molecular formula is C43H49N3O8. The number of H-pyrrole nitrogens is 1. The van der Waals surface area contributed by atoms with E-state index in [1.54, 1.807) is 36.5 Å². The molecule has 1 saturated carbocycles. The van der Waals surface area contributed by atoms with E-state index in [0.717, 1.165) is 22.4 Å². The number of phenols is 3. The fraction of sp³-hybridized carbons (Fsp3) is 0.349. The van der Waals surface area contributed by atoms with Gasteiger partial charge in [0.25, 0.3) is 0 Å². The number of methoxy groups -OCH3 is 2. The Balaban J connectivity index is 1.50. The van der Waals surface area contributed by atoms with Crippen LogP contribution in [-0.4, -0.2) is 67.7 Å². The van der Waals surface area contributed by atoms with Gasteiger partial charge >= 0.3 is 0 Å². The van der Waals surface area contributed by atoms with Gasteiger partial charge in [-0.3, -0.25) is 4.79 Å². The first-order chi connectivity index (χ1) is 26.0. The van der Waals surface area contributed by atoms with Crippen LogP contribution in [0.15, 0.2) is 97.3 Å². The molecule has 0 saturated heterocycles. The molecule has 3 aromatic carbocycles. The van der Waals surface area contributed by atoms with Crippen molar-refractivity contribution < 1.29 is 39.8 Å². The van der Waals surface area contributed by atoms with Gasteiger partial charge < -0.3 is 45.7 Å². The molecule has 284 valence electrons. The molecule has 1 fully saturated rings. The number of hydrogen-bond donors (Lipinski definition) is 7. The zero-order valence-corrected chi connectivity index (χ0v) is 30.6. The third-order valence-corrected chi connectivity index (χ3v) is 11.2. The van der Waals surface area contributed by atoms with Gasteiger partial charge in [-0.2, -0.15) is 0 Å². The number of carbonyl (C=O) groups is 1. The minimum absolute atomic E-state index is 0.00293. The first-order valence-corrected chi connectivity index (χ1v) is 18.3. The van der Waals surface area contributed by atoms with Crippen LogP contribution in [0.5, 0.6) is 28.7 Å². The summed E-state index contributed by atoms with van der Waals surface area (Å²) in [6.07, 6.45) is 3.43. The van der Waals surface area contributed by atoms with Gasteiger partial charge in [0, 0.05) is 35.8 Å². The lowest BCUT2D eigenvalue weighted by molar-refractivity contribution is -0.133. The minimum Gasteiger partial charge on any atom is -0.504 e. The van der Waals surface area contributed by atoms with Crippen molar-refractivity contribution in [2.75, 3.05) is 20.0 Å². The second kappa shape index (κ2) is 16.7. The number of nitrogens with one attached hydrogen (secondary N) is 1. The number of aliphatic hydroxyl groups excluding tert-OH is 2. The highest BCUT2D eigenvalue weighted by Gasteiger charge is 2.62. The summed E-state index contributed by atoms with van der Waals surface area (Å²) >= 11 is 0. The number of nitrogen functional groups attached to an aromatic ring is 1. The van der Waals surface area contributed by atoms with E-state index in [0.29, 0.717) is 37.0 Å². The highest BCUT2D eigenvalue weighted by Crippen LogP contribution is 2.58. The van der Waals surface area contributed by atoms with Gasteiger partial charge in [0.2, 0.25) is 5.75 Å². The molecule has 8 N–H and O–H groups in total. The second-order valence-electron chi connectivity index (χ2n) is 14.3. The maximum absolute atomic E-state index is 15.2. The number of ketones is 1. The van der Waals surface area contributed by atoms with Gasteiger partial charge in [-0.05, 0) is 115 Å². The minimum atomic E-state index is -1.19. The summed E-state index contributed by atoms with van der Waals surface area (Å²) in [7, 11) is 2.85. The van der Waals surface area contributed by atoms with Crippen LogP contribution in [0, 0.1) is 17.8 Å². The Morgan fingerprint density at radius 3 is 2.35 bits per heavy atom. The fourth-order valence-electron chi connectivity index (χ4n) is 8.82. The Bertz CT molecular complexity index is 2020. The smallest absolute Gasteiger partial charge is 0.200 e. The largest absolute Gasteiger partial charge is 0.504 e. The first kappa shape index (κ1) is 38.2. The molecule has 54 heavy (non-hydrogen) atoms. The molecule has 2 heterocycles. The number of anilines is 1. The van der Waals surface area contributed by atoms with Crippen molar-refractivity contribution in [2.24, 2.45) is 17.8 Å². The molecule has 5 aromatic rings. The zero-order valence-electron chi connectivity index (χ0n) is 30.6. The summed E-state index contributed by atoms with van der Waals surface area (Å²) in [5.41, 5.74) is 9.28. The Morgan fingerprint density at radius 2 is 1.65 bits per heavy atom. The molecule has 1 aliphatic carbocycles. The summed E-state index contributed by atoms with van der Waals surface area (Å²) in [5, 5.41) is 55.7. The molecule has 6 unspecified atom stereocenters. The monoisotopic (exact) mass is 735 g/mol. The Labute approximate surface area is 315 Å². The van der Waals surface area contributed by atoms with Crippen molar-refractivity contribution in [2.45, 2.75) is 62.6 Å². The molecule has 0 aliphatic heterocycles. The standard InChI is InChI=1S/C43H49N3O8/c1-53-38-21-27(10-13-33(38)47)11-14-34(48)41(35(49)15-12-28-20-37(51)42(52)39(22-28)54-2)43(29-16-18-46-40(44)24-29)30(19-26-7-4-3-5-8-26)23-36(50)32(43)25-31-9-6-17-45-31/h3-10,13,16-18,20-22,24,30,32,34,36,41,45,47-48,50-52H,11-12,14-15,19,23,25H2,1-2H3,(H2,44,46). The lowest BCUT2D eigenvalue weighted by atomic mass is 9.54. The summed E-state index contributed by atoms with van der Waals surface area (Å²) in [6.45, 7) is 0. The van der Waals surface area contributed by atoms with E-state index < -0.39 is 35.2 Å². The Morgan fingerprint density at radius 1 is 0.889 bits per heavy atom. The van der Waals surface area contributed by atoms with Crippen molar-refractivity contribution in [1.82, 2.24) is 9.97 Å². The summed E-state index contributed by atoms with van der Waals surface area (Å²) in [5.74, 6) is -2.22. The summed E-state index contributed by atoms with van der Waals surface area (Å²) < 4.78 is 10.6. The van der Waals surface area contributed by atoms with Crippen molar-refractivity contribution in [1.29, 1.82) is 0 Å². The fourth-order valence-corrected chi connectivity index (χ4v) is 8.82. The Kier molecular flexibility index (Phi) is 11.8. The van der Waals surface area contributed by atoms with E-state index in [2.05, 4.69) is 9.97 Å². The van der Waals surface area contributed by atoms with Crippen LogP contribution in [0.1, 0.15) is 47.2 Å². The van der Waals surface area contributed by atoms with Gasteiger partial charge in [0.1, 0.15) is 11.6 Å². The van der Waals surface area contributed by atoms with E-state index >= 15 is 4.79 Å². The number of ether oxygens (including phenoxy) is 2. The highest BCUT2D eigenvalue weighted by atomic mass is 16.5. The number of nitrogens with zero attached hydrogens (tertiary/aromatic N) is 1. The molecule has 11 heteroatoms. The number of rotatable bonds is 16. The normalized spacial score (nSPS) is 20.7. The van der Waals surface area contributed by atoms with Crippen LogP contribution in [0.2, 0.25) is 0 Å². The predicted octanol–water partition coefficient (Wildman–Crippen LogP) is 5.66. The number of aromatic nitrogens is 2. The van der Waals surface area contributed by atoms with Gasteiger partial charge in [-0.1, -0.05) is 36.4 Å². The number of Topliss-reactive ketones (excluding diaryl/α,β-unsaturated/α-hetero) is 1. The number of aromatic amines is 1. The number of phenolic OH excluding ortho intramolecular Hbond substituents is 3. The molecule has 11 nitrogen and oxygen atoms in total. The lowest BCUT2D eigenvalue weighted by Crippen LogP contribution is -2.54. The van der Waals surface area contributed by atoms with Crippen LogP contribution in [0.3, 0.4) is 0 Å². The molecule has 6 atom stereocenters. The van der Waals surface area contributed by atoms with Crippen LogP contribution in [0.25, 0.3) is 0 Å². The first-order valence-electron chi connectivity index (χ1n) is 18.3. The topological polar surface area (TPSA) is 191 Å². The second-order valence-corrected chi connectivity index (χ2v) is 14.3. The number of carbonyl (C=O) groups excluding carboxylic acids is 1. The molecule has 1 aliphatic rings. The summed E-state index contributed by atoms with van der Waals surface area (Å²) in [4.78, 5) is 22.8. The lowest BCUT2D eigenvalue weighted by Gasteiger charge is -2.48. The van der Waals surface area contributed by atoms with Crippen LogP contribution >= 0.6 is 0 Å². The van der Waals surface area contributed by atoms with Crippen molar-refractivity contribution in [3.05, 3.63) is 125 Å². The van der Waals surface area contributed by atoms with Gasteiger partial charge in [-0.25, -0.2) is 4.98 Å². The van der Waals surface area contributed by atoms with Crippen molar-refractivity contribution in [3.63, 3.8) is 0 Å². The molecule has 0 bridgehead atoms. The average Bonchev–Trinajstić information content (AvgIpc) is 3.78. The zero-order chi connectivity index (χ0) is 38.4. The number of nitrogens with two attached hydrogens (primary N) is 1. The molecular weight excluding hydrogens is 686 g/mol. The third-order valence-electron chi connectivity index (χ3n) is 11.2. The SMILES string of the molecule is COc1cc(CCC(O)C(C(=O)CCc2cc(O)c(O)c(OC)c2)C2(c3ccnc(N)c3)C(Cc3ccccc3)CC(O)C2Cc2ccc[nH]2)ccc1O. The number of hydrogen-bond acceptors (Lipinski definition) is 10. The van der Waals surface area contributed by atoms with E-state index in [4.69, 9.17) is 15.2 Å².